The molecule has 2 heterocycles. The number of hydrazine groups is 1. The zero-order valence-corrected chi connectivity index (χ0v) is 11.4. The van der Waals surface area contributed by atoms with Crippen LogP contribution >= 0.6 is 11.3 Å². The lowest BCUT2D eigenvalue weighted by atomic mass is 10.4. The molecule has 0 aliphatic heterocycles. The smallest absolute Gasteiger partial charge is 0.158 e. The monoisotopic (exact) mass is 280 g/mol. The van der Waals surface area contributed by atoms with Crippen LogP contribution in [-0.4, -0.2) is 28.6 Å². The summed E-state index contributed by atoms with van der Waals surface area (Å²) >= 11 is 1.64. The zero-order chi connectivity index (χ0) is 13.5. The molecular formula is C11H16N6OS. The number of ether oxygens (including phenoxy) is 1. The molecule has 0 saturated carbocycles. The van der Waals surface area contributed by atoms with Gasteiger partial charge in [0, 0.05) is 37.7 Å². The van der Waals surface area contributed by atoms with Gasteiger partial charge in [-0.2, -0.15) is 0 Å². The number of nitrogens with two attached hydrogens (primary N) is 1. The molecule has 19 heavy (non-hydrogen) atoms. The maximum Gasteiger partial charge on any atom is 0.158 e. The topological polar surface area (TPSA) is 98.0 Å². The molecular weight excluding hydrogens is 264 g/mol. The number of nitrogens with one attached hydrogen (secondary N) is 2. The fraction of sp³-hybridized carbons (Fsp3) is 0.364. The minimum absolute atomic E-state index is 0.344. The second-order valence-corrected chi connectivity index (χ2v) is 4.71. The number of hydrogen-bond acceptors (Lipinski definition) is 8. The molecule has 2 rings (SSSR count). The first-order chi connectivity index (χ1) is 9.31. The van der Waals surface area contributed by atoms with Crippen LogP contribution in [0.2, 0.25) is 0 Å². The predicted octanol–water partition coefficient (Wildman–Crippen LogP) is 1.02. The standard InChI is InChI=1S/C11H16N6OS/c1-18-7-10-15-8(6-9(16-10)17-12)13-3-2-11-14-4-5-19-11/h4-6H,2-3,7,12H2,1H3,(H2,13,15,16,17). The van der Waals surface area contributed by atoms with E-state index in [0.29, 0.717) is 24.1 Å². The molecule has 0 aromatic carbocycles. The number of rotatable bonds is 7. The fourth-order valence-electron chi connectivity index (χ4n) is 1.53. The van der Waals surface area contributed by atoms with Crippen molar-refractivity contribution < 1.29 is 4.74 Å². The molecule has 0 saturated heterocycles. The Morgan fingerprint density at radius 3 is 2.89 bits per heavy atom. The molecule has 2 aromatic heterocycles. The van der Waals surface area contributed by atoms with Gasteiger partial charge in [0.2, 0.25) is 0 Å². The van der Waals surface area contributed by atoms with Gasteiger partial charge in [0.1, 0.15) is 18.2 Å². The fourth-order valence-corrected chi connectivity index (χ4v) is 2.15. The van der Waals surface area contributed by atoms with Crippen molar-refractivity contribution in [2.24, 2.45) is 5.84 Å². The Morgan fingerprint density at radius 2 is 2.21 bits per heavy atom. The number of aromatic nitrogens is 3. The number of thiazole rings is 1. The van der Waals surface area contributed by atoms with Gasteiger partial charge < -0.3 is 15.5 Å². The van der Waals surface area contributed by atoms with Crippen molar-refractivity contribution in [1.29, 1.82) is 0 Å². The minimum Gasteiger partial charge on any atom is -0.377 e. The lowest BCUT2D eigenvalue weighted by Gasteiger charge is -2.08. The lowest BCUT2D eigenvalue weighted by molar-refractivity contribution is 0.178. The van der Waals surface area contributed by atoms with E-state index in [1.54, 1.807) is 30.7 Å². The first kappa shape index (κ1) is 13.7. The van der Waals surface area contributed by atoms with Crippen molar-refractivity contribution in [3.05, 3.63) is 28.5 Å². The third kappa shape index (κ3) is 4.12. The highest BCUT2D eigenvalue weighted by Crippen LogP contribution is 2.11. The Labute approximate surface area is 115 Å². The molecule has 0 unspecified atom stereocenters. The highest BCUT2D eigenvalue weighted by atomic mass is 32.1. The Hall–Kier alpha value is -1.77. The van der Waals surface area contributed by atoms with Gasteiger partial charge in [-0.15, -0.1) is 11.3 Å². The molecule has 0 fully saturated rings. The van der Waals surface area contributed by atoms with Crippen molar-refractivity contribution in [2.75, 3.05) is 24.4 Å². The van der Waals surface area contributed by atoms with E-state index in [-0.39, 0.29) is 0 Å². The molecule has 102 valence electrons. The second kappa shape index (κ2) is 6.98. The molecule has 0 aliphatic rings. The summed E-state index contributed by atoms with van der Waals surface area (Å²) in [5.41, 5.74) is 2.51. The average Bonchev–Trinajstić information content (AvgIpc) is 2.92. The first-order valence-corrected chi connectivity index (χ1v) is 6.65. The summed E-state index contributed by atoms with van der Waals surface area (Å²) in [5.74, 6) is 7.22. The Morgan fingerprint density at radius 1 is 1.37 bits per heavy atom. The van der Waals surface area contributed by atoms with Crippen LogP contribution in [0.3, 0.4) is 0 Å². The Kier molecular flexibility index (Phi) is 5.01. The first-order valence-electron chi connectivity index (χ1n) is 5.77. The van der Waals surface area contributed by atoms with Gasteiger partial charge in [-0.25, -0.2) is 20.8 Å². The van der Waals surface area contributed by atoms with Gasteiger partial charge in [-0.1, -0.05) is 0 Å². The van der Waals surface area contributed by atoms with Gasteiger partial charge in [-0.05, 0) is 0 Å². The van der Waals surface area contributed by atoms with Gasteiger partial charge >= 0.3 is 0 Å². The van der Waals surface area contributed by atoms with Crippen molar-refractivity contribution in [1.82, 2.24) is 15.0 Å². The summed E-state index contributed by atoms with van der Waals surface area (Å²) < 4.78 is 5.02. The van der Waals surface area contributed by atoms with E-state index in [2.05, 4.69) is 25.7 Å². The summed E-state index contributed by atoms with van der Waals surface area (Å²) in [4.78, 5) is 12.7. The van der Waals surface area contributed by atoms with Crippen molar-refractivity contribution >= 4 is 23.0 Å². The molecule has 0 spiro atoms. The third-order valence-electron chi connectivity index (χ3n) is 2.32. The molecule has 4 N–H and O–H groups in total. The van der Waals surface area contributed by atoms with E-state index < -0.39 is 0 Å². The van der Waals surface area contributed by atoms with Gasteiger partial charge in [-0.3, -0.25) is 0 Å². The molecule has 0 amide bonds. The summed E-state index contributed by atoms with van der Waals surface area (Å²) in [5, 5.41) is 6.28. The summed E-state index contributed by atoms with van der Waals surface area (Å²) in [6.45, 7) is 1.09. The highest BCUT2D eigenvalue weighted by Gasteiger charge is 2.04. The zero-order valence-electron chi connectivity index (χ0n) is 10.6. The third-order valence-corrected chi connectivity index (χ3v) is 3.16. The van der Waals surface area contributed by atoms with E-state index in [9.17, 15) is 0 Å². The van der Waals surface area contributed by atoms with E-state index in [1.807, 2.05) is 5.38 Å². The van der Waals surface area contributed by atoms with Crippen LogP contribution in [0.25, 0.3) is 0 Å². The van der Waals surface area contributed by atoms with Gasteiger partial charge in [0.05, 0.1) is 5.01 Å². The number of nitrogens with zero attached hydrogens (tertiary/aromatic N) is 3. The maximum atomic E-state index is 5.37. The summed E-state index contributed by atoms with van der Waals surface area (Å²) in [7, 11) is 1.60. The normalized spacial score (nSPS) is 10.4. The van der Waals surface area contributed by atoms with Crippen LogP contribution in [0.15, 0.2) is 17.6 Å². The lowest BCUT2D eigenvalue weighted by Crippen LogP contribution is -2.13. The van der Waals surface area contributed by atoms with Gasteiger partial charge in [0.25, 0.3) is 0 Å². The molecule has 2 aromatic rings. The molecule has 7 nitrogen and oxygen atoms in total. The van der Waals surface area contributed by atoms with Crippen LogP contribution in [0.4, 0.5) is 11.6 Å². The SMILES string of the molecule is COCc1nc(NN)cc(NCCc2nccs2)n1. The summed E-state index contributed by atoms with van der Waals surface area (Å²) in [6.07, 6.45) is 2.66. The number of methoxy groups -OCH3 is 1. The van der Waals surface area contributed by atoms with Crippen molar-refractivity contribution in [3.63, 3.8) is 0 Å². The highest BCUT2D eigenvalue weighted by molar-refractivity contribution is 7.09. The van der Waals surface area contributed by atoms with Crippen molar-refractivity contribution in [3.8, 4) is 0 Å². The number of nitrogen functional groups attached to an aromatic ring is 1. The van der Waals surface area contributed by atoms with Crippen molar-refractivity contribution in [2.45, 2.75) is 13.0 Å². The quantitative estimate of drug-likeness (QED) is 0.514. The minimum atomic E-state index is 0.344. The Balaban J connectivity index is 1.96. The van der Waals surface area contributed by atoms with Crippen LogP contribution in [0.5, 0.6) is 0 Å². The molecule has 0 radical (unpaired) electrons. The molecule has 8 heteroatoms. The molecule has 0 bridgehead atoms. The predicted molar refractivity (Wildman–Crippen MR) is 74.9 cm³/mol. The van der Waals surface area contributed by atoms with Crippen LogP contribution in [-0.2, 0) is 17.8 Å². The molecule has 0 atom stereocenters. The second-order valence-electron chi connectivity index (χ2n) is 3.73. The van der Waals surface area contributed by atoms with E-state index >= 15 is 0 Å². The molecule has 0 aliphatic carbocycles. The average molecular weight is 280 g/mol. The van der Waals surface area contributed by atoms with Gasteiger partial charge in [0.15, 0.2) is 5.82 Å². The largest absolute Gasteiger partial charge is 0.377 e. The van der Waals surface area contributed by atoms with Crippen LogP contribution < -0.4 is 16.6 Å². The maximum absolute atomic E-state index is 5.37. The van der Waals surface area contributed by atoms with Crippen LogP contribution in [0, 0.1) is 0 Å². The number of anilines is 2. The summed E-state index contributed by atoms with van der Waals surface area (Å²) in [6, 6.07) is 1.75. The van der Waals surface area contributed by atoms with E-state index in [1.165, 1.54) is 0 Å². The van der Waals surface area contributed by atoms with E-state index in [4.69, 9.17) is 10.6 Å². The van der Waals surface area contributed by atoms with E-state index in [0.717, 1.165) is 18.0 Å². The van der Waals surface area contributed by atoms with Crippen LogP contribution in [0.1, 0.15) is 10.8 Å². The number of hydrogen-bond donors (Lipinski definition) is 3. The Bertz CT molecular complexity index is 504.